The zero-order chi connectivity index (χ0) is 18.0. The van der Waals surface area contributed by atoms with Gasteiger partial charge in [0.1, 0.15) is 17.1 Å². The fourth-order valence-corrected chi connectivity index (χ4v) is 2.48. The summed E-state index contributed by atoms with van der Waals surface area (Å²) >= 11 is 0. The van der Waals surface area contributed by atoms with Crippen LogP contribution in [0, 0.1) is 25.5 Å². The van der Waals surface area contributed by atoms with E-state index < -0.39 is 17.5 Å². The van der Waals surface area contributed by atoms with Gasteiger partial charge in [-0.05, 0) is 43.2 Å². The van der Waals surface area contributed by atoms with Gasteiger partial charge >= 0.3 is 0 Å². The average molecular weight is 342 g/mol. The minimum atomic E-state index is -0.780. The summed E-state index contributed by atoms with van der Waals surface area (Å²) in [5.41, 5.74) is 2.21. The van der Waals surface area contributed by atoms with Crippen molar-refractivity contribution in [2.75, 3.05) is 11.9 Å². The molecule has 1 N–H and O–H groups in total. The van der Waals surface area contributed by atoms with Crippen molar-refractivity contribution < 1.29 is 18.3 Å². The number of aromatic nitrogens is 1. The van der Waals surface area contributed by atoms with Crippen LogP contribution in [0.2, 0.25) is 0 Å². The number of hydrogen-bond acceptors (Lipinski definition) is 3. The number of nitrogens with one attached hydrogen (secondary N) is 1. The van der Waals surface area contributed by atoms with E-state index in [1.54, 1.807) is 0 Å². The molecular formula is C19H16F2N2O2. The van der Waals surface area contributed by atoms with Crippen molar-refractivity contribution >= 4 is 22.5 Å². The van der Waals surface area contributed by atoms with Crippen molar-refractivity contribution in [2.45, 2.75) is 13.8 Å². The van der Waals surface area contributed by atoms with Crippen LogP contribution in [0.4, 0.5) is 14.5 Å². The minimum absolute atomic E-state index is 0.00496. The lowest BCUT2D eigenvalue weighted by atomic mass is 10.1. The standard InChI is InChI=1S/C19H16F2N2O2/c1-11-3-4-12(2)17(7-11)25-10-18(24)23-16-5-6-22-19-14(16)8-13(20)9-15(19)21/h3-9H,10H2,1-2H3,(H,22,23,24). The fourth-order valence-electron chi connectivity index (χ4n) is 2.48. The molecule has 0 aliphatic heterocycles. The van der Waals surface area contributed by atoms with Gasteiger partial charge in [-0.1, -0.05) is 12.1 Å². The molecule has 6 heteroatoms. The Kier molecular flexibility index (Phi) is 4.61. The first-order chi connectivity index (χ1) is 11.9. The maximum Gasteiger partial charge on any atom is 0.262 e. The van der Waals surface area contributed by atoms with Gasteiger partial charge in [0.05, 0.1) is 5.69 Å². The Morgan fingerprint density at radius 3 is 2.76 bits per heavy atom. The second kappa shape index (κ2) is 6.84. The highest BCUT2D eigenvalue weighted by Gasteiger charge is 2.12. The summed E-state index contributed by atoms with van der Waals surface area (Å²) in [5, 5.41) is 2.80. The molecule has 3 aromatic rings. The second-order valence-corrected chi connectivity index (χ2v) is 5.75. The van der Waals surface area contributed by atoms with Crippen molar-refractivity contribution in [1.82, 2.24) is 4.98 Å². The number of anilines is 1. The Morgan fingerprint density at radius 2 is 1.96 bits per heavy atom. The molecule has 1 amide bonds. The van der Waals surface area contributed by atoms with E-state index in [1.807, 2.05) is 32.0 Å². The Labute approximate surface area is 143 Å². The average Bonchev–Trinajstić information content (AvgIpc) is 2.56. The predicted molar refractivity (Wildman–Crippen MR) is 91.7 cm³/mol. The van der Waals surface area contributed by atoms with Gasteiger partial charge in [-0.15, -0.1) is 0 Å². The molecular weight excluding hydrogens is 326 g/mol. The van der Waals surface area contributed by atoms with Gasteiger partial charge in [-0.2, -0.15) is 0 Å². The highest BCUT2D eigenvalue weighted by Crippen LogP contribution is 2.25. The van der Waals surface area contributed by atoms with Crippen LogP contribution in [0.3, 0.4) is 0 Å². The number of benzene rings is 2. The number of fused-ring (bicyclic) bond motifs is 1. The van der Waals surface area contributed by atoms with Crippen LogP contribution in [0.5, 0.6) is 5.75 Å². The number of carbonyl (C=O) groups excluding carboxylic acids is 1. The zero-order valence-electron chi connectivity index (χ0n) is 13.8. The lowest BCUT2D eigenvalue weighted by Gasteiger charge is -2.11. The molecule has 0 radical (unpaired) electrons. The summed E-state index contributed by atoms with van der Waals surface area (Å²) in [6.07, 6.45) is 1.35. The van der Waals surface area contributed by atoms with E-state index in [9.17, 15) is 13.6 Å². The summed E-state index contributed by atoms with van der Waals surface area (Å²) in [6.45, 7) is 3.60. The van der Waals surface area contributed by atoms with Gasteiger partial charge in [-0.25, -0.2) is 8.78 Å². The molecule has 1 aromatic heterocycles. The third-order valence-electron chi connectivity index (χ3n) is 3.74. The molecule has 0 saturated carbocycles. The number of pyridine rings is 1. The summed E-state index contributed by atoms with van der Waals surface area (Å²) in [7, 11) is 0. The molecule has 0 fully saturated rings. The molecule has 0 spiro atoms. The summed E-state index contributed by atoms with van der Waals surface area (Å²) in [6, 6.07) is 9.07. The summed E-state index contributed by atoms with van der Waals surface area (Å²) in [5.74, 6) is -1.33. The van der Waals surface area contributed by atoms with Crippen LogP contribution in [-0.2, 0) is 4.79 Å². The highest BCUT2D eigenvalue weighted by molar-refractivity contribution is 6.01. The second-order valence-electron chi connectivity index (χ2n) is 5.75. The monoisotopic (exact) mass is 342 g/mol. The maximum absolute atomic E-state index is 13.8. The molecule has 1 heterocycles. The van der Waals surface area contributed by atoms with Crippen LogP contribution in [0.1, 0.15) is 11.1 Å². The third-order valence-corrected chi connectivity index (χ3v) is 3.74. The quantitative estimate of drug-likeness (QED) is 0.775. The topological polar surface area (TPSA) is 51.2 Å². The molecule has 0 aliphatic carbocycles. The van der Waals surface area contributed by atoms with E-state index in [-0.39, 0.29) is 23.2 Å². The van der Waals surface area contributed by atoms with Crippen molar-refractivity contribution in [2.24, 2.45) is 0 Å². The molecule has 2 aromatic carbocycles. The van der Waals surface area contributed by atoms with E-state index >= 15 is 0 Å². The van der Waals surface area contributed by atoms with Crippen LogP contribution >= 0.6 is 0 Å². The number of ether oxygens (including phenoxy) is 1. The largest absolute Gasteiger partial charge is 0.483 e. The summed E-state index contributed by atoms with van der Waals surface area (Å²) in [4.78, 5) is 16.0. The first-order valence-corrected chi connectivity index (χ1v) is 7.67. The van der Waals surface area contributed by atoms with E-state index in [2.05, 4.69) is 10.3 Å². The Hall–Kier alpha value is -3.02. The van der Waals surface area contributed by atoms with Crippen LogP contribution < -0.4 is 10.1 Å². The molecule has 4 nitrogen and oxygen atoms in total. The van der Waals surface area contributed by atoms with E-state index in [4.69, 9.17) is 4.74 Å². The molecule has 0 atom stereocenters. The van der Waals surface area contributed by atoms with Gasteiger partial charge < -0.3 is 10.1 Å². The number of carbonyl (C=O) groups is 1. The van der Waals surface area contributed by atoms with Crippen LogP contribution in [0.25, 0.3) is 10.9 Å². The van der Waals surface area contributed by atoms with Gasteiger partial charge in [0, 0.05) is 17.6 Å². The first kappa shape index (κ1) is 16.8. The van der Waals surface area contributed by atoms with Crippen LogP contribution in [-0.4, -0.2) is 17.5 Å². The fraction of sp³-hybridized carbons (Fsp3) is 0.158. The maximum atomic E-state index is 13.8. The van der Waals surface area contributed by atoms with E-state index in [0.717, 1.165) is 23.3 Å². The van der Waals surface area contributed by atoms with Crippen molar-refractivity contribution in [3.63, 3.8) is 0 Å². The Bertz CT molecular complexity index is 958. The lowest BCUT2D eigenvalue weighted by molar-refractivity contribution is -0.118. The van der Waals surface area contributed by atoms with Gasteiger partial charge in [0.2, 0.25) is 0 Å². The molecule has 3 rings (SSSR count). The molecule has 0 unspecified atom stereocenters. The molecule has 0 saturated heterocycles. The predicted octanol–water partition coefficient (Wildman–Crippen LogP) is 4.15. The van der Waals surface area contributed by atoms with Gasteiger partial charge in [-0.3, -0.25) is 9.78 Å². The summed E-state index contributed by atoms with van der Waals surface area (Å²) < 4.78 is 32.8. The SMILES string of the molecule is Cc1ccc(C)c(OCC(=O)Nc2ccnc3c(F)cc(F)cc23)c1. The van der Waals surface area contributed by atoms with E-state index in [0.29, 0.717) is 5.75 Å². The highest BCUT2D eigenvalue weighted by atomic mass is 19.1. The number of amides is 1. The van der Waals surface area contributed by atoms with Gasteiger partial charge in [0.15, 0.2) is 12.4 Å². The zero-order valence-corrected chi connectivity index (χ0v) is 13.8. The number of aryl methyl sites for hydroxylation is 2. The van der Waals surface area contributed by atoms with Crippen LogP contribution in [0.15, 0.2) is 42.6 Å². The van der Waals surface area contributed by atoms with Crippen molar-refractivity contribution in [1.29, 1.82) is 0 Å². The Morgan fingerprint density at radius 1 is 1.16 bits per heavy atom. The molecule has 128 valence electrons. The van der Waals surface area contributed by atoms with E-state index in [1.165, 1.54) is 12.3 Å². The van der Waals surface area contributed by atoms with Gasteiger partial charge in [0.25, 0.3) is 5.91 Å². The number of nitrogens with zero attached hydrogens (tertiary/aromatic N) is 1. The third kappa shape index (κ3) is 3.74. The number of hydrogen-bond donors (Lipinski definition) is 1. The van der Waals surface area contributed by atoms with Crippen molar-refractivity contribution in [3.05, 3.63) is 65.4 Å². The first-order valence-electron chi connectivity index (χ1n) is 7.67. The smallest absolute Gasteiger partial charge is 0.262 e. The lowest BCUT2D eigenvalue weighted by Crippen LogP contribution is -2.20. The number of rotatable bonds is 4. The Balaban J connectivity index is 1.77. The molecule has 0 aliphatic rings. The number of halogens is 2. The van der Waals surface area contributed by atoms with Crippen molar-refractivity contribution in [3.8, 4) is 5.75 Å². The minimum Gasteiger partial charge on any atom is -0.483 e. The normalized spacial score (nSPS) is 10.7. The molecule has 25 heavy (non-hydrogen) atoms. The molecule has 0 bridgehead atoms.